The van der Waals surface area contributed by atoms with Gasteiger partial charge in [0.15, 0.2) is 0 Å². The van der Waals surface area contributed by atoms with Gasteiger partial charge < -0.3 is 10.2 Å². The zero-order chi connectivity index (χ0) is 31.2. The molecular weight excluding hydrogens is 604 g/mol. The van der Waals surface area contributed by atoms with E-state index in [0.717, 1.165) is 6.42 Å². The van der Waals surface area contributed by atoms with Crippen LogP contribution in [0.1, 0.15) is 31.8 Å². The van der Waals surface area contributed by atoms with Crippen LogP contribution in [0, 0.1) is 0 Å². The molecular formula is C41H30O4Ti. The maximum Gasteiger partial charge on any atom is 2.00 e. The first-order chi connectivity index (χ1) is 22.0. The molecule has 46 heavy (non-hydrogen) atoms. The summed E-state index contributed by atoms with van der Waals surface area (Å²) in [4.78, 5) is 20.4. The van der Waals surface area contributed by atoms with Gasteiger partial charge in [-0.25, -0.2) is 9.59 Å². The normalized spacial score (nSPS) is 10.4. The van der Waals surface area contributed by atoms with Crippen molar-refractivity contribution in [1.82, 2.24) is 0 Å². The summed E-state index contributed by atoms with van der Waals surface area (Å²) in [6, 6.07) is 52.1. The van der Waals surface area contributed by atoms with Crippen LogP contribution in [-0.2, 0) is 28.1 Å². The van der Waals surface area contributed by atoms with Gasteiger partial charge in [0.25, 0.3) is 0 Å². The Balaban J connectivity index is 0.000000181. The van der Waals surface area contributed by atoms with E-state index in [1.807, 2.05) is 0 Å². The number of fused-ring (bicyclic) bond motifs is 6. The largest absolute Gasteiger partial charge is 2.00 e. The molecule has 0 amide bonds. The predicted molar refractivity (Wildman–Crippen MR) is 184 cm³/mol. The van der Waals surface area contributed by atoms with Crippen molar-refractivity contribution in [2.45, 2.75) is 6.42 Å². The average Bonchev–Trinajstić information content (AvgIpc) is 3.66. The molecule has 222 valence electrons. The third-order valence-electron chi connectivity index (χ3n) is 7.92. The molecule has 0 atom stereocenters. The second-order valence-electron chi connectivity index (χ2n) is 10.7. The summed E-state index contributed by atoms with van der Waals surface area (Å²) in [6.07, 6.45) is 0.960. The van der Waals surface area contributed by atoms with E-state index in [4.69, 9.17) is 10.2 Å². The smallest absolute Gasteiger partial charge is 0.478 e. The van der Waals surface area contributed by atoms with Crippen LogP contribution in [-0.4, -0.2) is 22.2 Å². The van der Waals surface area contributed by atoms with Gasteiger partial charge in [-0.1, -0.05) is 116 Å². The van der Waals surface area contributed by atoms with Gasteiger partial charge in [0.1, 0.15) is 0 Å². The van der Waals surface area contributed by atoms with Gasteiger partial charge in [-0.05, 0) is 24.3 Å². The molecule has 0 aliphatic carbocycles. The fourth-order valence-electron chi connectivity index (χ4n) is 5.76. The van der Waals surface area contributed by atoms with Crippen LogP contribution in [0.4, 0.5) is 0 Å². The number of benzene rings is 6. The van der Waals surface area contributed by atoms with Crippen LogP contribution in [0.2, 0.25) is 0 Å². The second kappa shape index (κ2) is 14.7. The maximum atomic E-state index is 10.2. The van der Waals surface area contributed by atoms with E-state index < -0.39 is 11.9 Å². The molecule has 0 aliphatic heterocycles. The Hall–Kier alpha value is -5.29. The van der Waals surface area contributed by atoms with Crippen molar-refractivity contribution in [3.8, 4) is 0 Å². The van der Waals surface area contributed by atoms with Crippen molar-refractivity contribution < 1.29 is 41.5 Å². The summed E-state index contributed by atoms with van der Waals surface area (Å²) >= 11 is 0. The number of rotatable bonds is 4. The summed E-state index contributed by atoms with van der Waals surface area (Å²) < 4.78 is 0. The van der Waals surface area contributed by atoms with Gasteiger partial charge in [-0.3, -0.25) is 0 Å². The number of hydrogen-bond acceptors (Lipinski definition) is 2. The molecule has 5 heteroatoms. The van der Waals surface area contributed by atoms with Gasteiger partial charge in [0, 0.05) is 0 Å². The first kappa shape index (κ1) is 32.1. The van der Waals surface area contributed by atoms with E-state index in [-0.39, 0.29) is 21.7 Å². The first-order valence-corrected chi connectivity index (χ1v) is 14.7. The van der Waals surface area contributed by atoms with Crippen LogP contribution in [0.3, 0.4) is 0 Å². The Bertz CT molecular complexity index is 2080. The first-order valence-electron chi connectivity index (χ1n) is 14.7. The van der Waals surface area contributed by atoms with Crippen molar-refractivity contribution in [3.05, 3.63) is 180 Å². The van der Waals surface area contributed by atoms with Gasteiger partial charge in [-0.15, -0.1) is 78.5 Å². The second-order valence-corrected chi connectivity index (χ2v) is 10.7. The Labute approximate surface area is 281 Å². The number of carboxylic acids is 2. The molecule has 8 rings (SSSR count). The van der Waals surface area contributed by atoms with Crippen molar-refractivity contribution in [2.24, 2.45) is 0 Å². The molecule has 0 heterocycles. The van der Waals surface area contributed by atoms with Gasteiger partial charge in [0.05, 0.1) is 11.1 Å². The minimum absolute atomic E-state index is 0. The van der Waals surface area contributed by atoms with Crippen molar-refractivity contribution >= 4 is 55.0 Å². The molecule has 0 spiro atoms. The van der Waals surface area contributed by atoms with Crippen LogP contribution in [0.25, 0.3) is 43.1 Å². The maximum absolute atomic E-state index is 10.2. The van der Waals surface area contributed by atoms with Crippen molar-refractivity contribution in [2.75, 3.05) is 0 Å². The average molecular weight is 635 g/mol. The molecule has 0 saturated heterocycles. The molecule has 2 N–H and O–H groups in total. The molecule has 4 nitrogen and oxygen atoms in total. The summed E-state index contributed by atoms with van der Waals surface area (Å²) in [7, 11) is 0. The van der Waals surface area contributed by atoms with E-state index in [0.29, 0.717) is 11.1 Å². The molecule has 8 aromatic carbocycles. The third kappa shape index (κ3) is 7.00. The Kier molecular flexibility index (Phi) is 10.2. The van der Waals surface area contributed by atoms with Gasteiger partial charge in [0.2, 0.25) is 0 Å². The van der Waals surface area contributed by atoms with Crippen LogP contribution in [0.5, 0.6) is 0 Å². The summed E-state index contributed by atoms with van der Waals surface area (Å²) in [5.41, 5.74) is 3.47. The minimum Gasteiger partial charge on any atom is -0.478 e. The third-order valence-corrected chi connectivity index (χ3v) is 7.92. The zero-order valence-corrected chi connectivity index (χ0v) is 26.5. The minimum atomic E-state index is -0.879. The number of carboxylic acid groups (broad SMARTS) is 2. The van der Waals surface area contributed by atoms with E-state index >= 15 is 0 Å². The van der Waals surface area contributed by atoms with Crippen molar-refractivity contribution in [3.63, 3.8) is 0 Å². The summed E-state index contributed by atoms with van der Waals surface area (Å²) in [6.45, 7) is 0. The Morgan fingerprint density at radius 3 is 1.15 bits per heavy atom. The Morgan fingerprint density at radius 1 is 0.435 bits per heavy atom. The van der Waals surface area contributed by atoms with Gasteiger partial charge >= 0.3 is 33.7 Å². The van der Waals surface area contributed by atoms with E-state index in [9.17, 15) is 9.59 Å². The number of carbonyl (C=O) groups is 2. The summed E-state index contributed by atoms with van der Waals surface area (Å²) in [5.74, 6) is -1.76. The van der Waals surface area contributed by atoms with Crippen LogP contribution in [0.15, 0.2) is 158 Å². The van der Waals surface area contributed by atoms with Gasteiger partial charge in [-0.2, -0.15) is 0 Å². The van der Waals surface area contributed by atoms with Crippen molar-refractivity contribution in [1.29, 1.82) is 0 Å². The molecule has 0 unspecified atom stereocenters. The van der Waals surface area contributed by atoms with E-state index in [1.54, 1.807) is 60.7 Å². The quantitative estimate of drug-likeness (QED) is 0.149. The molecule has 0 radical (unpaired) electrons. The molecule has 0 fully saturated rings. The summed E-state index contributed by atoms with van der Waals surface area (Å²) in [5, 5.41) is 27.6. The number of hydrogen-bond donors (Lipinski definition) is 2. The zero-order valence-electron chi connectivity index (χ0n) is 24.9. The SMILES string of the molecule is O=C(O)c1ccccc1.O=C(O)c1ccccc1.[Ti+2].c1ccc2c(c1)[cH-]c1c(Cc3cccc4c3[cH-]c3ccccc34)cccc12. The fraction of sp³-hybridized carbons (Fsp3) is 0.0244. The molecule has 0 bridgehead atoms. The fourth-order valence-corrected chi connectivity index (χ4v) is 5.76. The molecule has 0 aromatic heterocycles. The van der Waals surface area contributed by atoms with Crippen LogP contribution < -0.4 is 0 Å². The van der Waals surface area contributed by atoms with E-state index in [1.165, 1.54) is 54.2 Å². The molecule has 0 aliphatic rings. The van der Waals surface area contributed by atoms with Crippen LogP contribution >= 0.6 is 0 Å². The Morgan fingerprint density at radius 2 is 0.783 bits per heavy atom. The predicted octanol–water partition coefficient (Wildman–Crippen LogP) is 10.1. The standard InChI is InChI=1S/C27H18.2C7H6O2.Ti/c1-3-11-22-20(7-1)16-26-18(9-5-13-24(22)26)15-19-10-6-14-25-23-12-4-2-8-21(23)17-27(19)25;2*8-7(9)6-4-2-1-3-5-6;/h1-14,16-17H,15H2;2*1-5H,(H,8,9);/q-2;;;+2. The number of aromatic carboxylic acids is 2. The van der Waals surface area contributed by atoms with E-state index in [2.05, 4.69) is 97.1 Å². The molecule has 8 aromatic rings. The monoisotopic (exact) mass is 634 g/mol. The topological polar surface area (TPSA) is 74.6 Å². The molecule has 0 saturated carbocycles.